The lowest BCUT2D eigenvalue weighted by Gasteiger charge is -2.14. The molecule has 0 aliphatic carbocycles. The Labute approximate surface area is 91.9 Å². The summed E-state index contributed by atoms with van der Waals surface area (Å²) in [6.07, 6.45) is 1.37. The van der Waals surface area contributed by atoms with E-state index in [4.69, 9.17) is 34.8 Å². The zero-order valence-corrected chi connectivity index (χ0v) is 9.55. The molecule has 0 fully saturated rings. The van der Waals surface area contributed by atoms with E-state index < -0.39 is 15.2 Å². The first-order chi connectivity index (χ1) is 5.38. The van der Waals surface area contributed by atoms with Crippen LogP contribution in [0.5, 0.6) is 0 Å². The zero-order valence-electron chi connectivity index (χ0n) is 6.39. The molecule has 0 aromatic rings. The molecule has 0 saturated carbocycles. The van der Waals surface area contributed by atoms with Crippen molar-refractivity contribution in [2.24, 2.45) is 0 Å². The predicted molar refractivity (Wildman–Crippen MR) is 54.1 cm³/mol. The Hall–Kier alpha value is 0.690. The third-order valence-electron chi connectivity index (χ3n) is 0.996. The highest BCUT2D eigenvalue weighted by Gasteiger charge is 2.32. The van der Waals surface area contributed by atoms with Gasteiger partial charge in [-0.2, -0.15) is 0 Å². The van der Waals surface area contributed by atoms with Crippen molar-refractivity contribution in [2.45, 2.75) is 29.0 Å². The van der Waals surface area contributed by atoms with E-state index in [9.17, 15) is 4.79 Å². The van der Waals surface area contributed by atoms with Crippen LogP contribution in [0.25, 0.3) is 0 Å². The minimum Gasteiger partial charge on any atom is -0.443 e. The van der Waals surface area contributed by atoms with E-state index in [-0.39, 0.29) is 0 Å². The number of carbonyl (C=O) groups excluding carboxylic acids is 1. The lowest BCUT2D eigenvalue weighted by Crippen LogP contribution is -2.25. The fourth-order valence-corrected chi connectivity index (χ4v) is 0.914. The van der Waals surface area contributed by atoms with E-state index in [1.807, 2.05) is 6.92 Å². The van der Waals surface area contributed by atoms with E-state index in [2.05, 4.69) is 17.4 Å². The normalized spacial score (nSPS) is 14.1. The second-order valence-electron chi connectivity index (χ2n) is 2.15. The van der Waals surface area contributed by atoms with Crippen LogP contribution in [0, 0.1) is 0 Å². The average molecular weight is 252 g/mol. The van der Waals surface area contributed by atoms with Crippen LogP contribution in [-0.2, 0) is 9.53 Å². The number of halogens is 3. The van der Waals surface area contributed by atoms with E-state index in [1.165, 1.54) is 0 Å². The van der Waals surface area contributed by atoms with E-state index in [1.54, 1.807) is 0 Å². The molecule has 12 heavy (non-hydrogen) atoms. The average Bonchev–Trinajstić information content (AvgIpc) is 1.85. The predicted octanol–water partition coefficient (Wildman–Crippen LogP) is 2.96. The maximum Gasteiger partial charge on any atom is 0.354 e. The topological polar surface area (TPSA) is 26.3 Å². The Morgan fingerprint density at radius 1 is 1.67 bits per heavy atom. The second kappa shape index (κ2) is 5.43. The molecule has 0 saturated heterocycles. The summed E-state index contributed by atoms with van der Waals surface area (Å²) in [6, 6.07) is 0. The molecular formula is C6H9Cl3O2S. The summed E-state index contributed by atoms with van der Waals surface area (Å²) >= 11 is 19.8. The Bertz CT molecular complexity index is 157. The molecule has 0 aliphatic heterocycles. The fourth-order valence-electron chi connectivity index (χ4n) is 0.473. The number of ether oxygens (including phenoxy) is 1. The number of rotatable bonds is 4. The third-order valence-corrected chi connectivity index (χ3v) is 1.79. The van der Waals surface area contributed by atoms with Gasteiger partial charge in [0, 0.05) is 0 Å². The minimum atomic E-state index is -1.82. The quantitative estimate of drug-likeness (QED) is 0.472. The summed E-state index contributed by atoms with van der Waals surface area (Å²) in [5.41, 5.74) is -0.688. The third kappa shape index (κ3) is 5.36. The molecule has 0 aliphatic rings. The largest absolute Gasteiger partial charge is 0.443 e. The fraction of sp³-hybridized carbons (Fsp3) is 0.833. The van der Waals surface area contributed by atoms with Crippen LogP contribution in [0.3, 0.4) is 0 Å². The summed E-state index contributed by atoms with van der Waals surface area (Å²) in [4.78, 5) is 10.9. The van der Waals surface area contributed by atoms with E-state index >= 15 is 0 Å². The Kier molecular flexibility index (Phi) is 5.74. The first kappa shape index (κ1) is 12.7. The van der Waals surface area contributed by atoms with Crippen molar-refractivity contribution < 1.29 is 9.53 Å². The van der Waals surface area contributed by atoms with Gasteiger partial charge in [0.2, 0.25) is 0 Å². The lowest BCUT2D eigenvalue weighted by molar-refractivity contribution is -0.144. The Morgan fingerprint density at radius 2 is 2.17 bits per heavy atom. The summed E-state index contributed by atoms with van der Waals surface area (Å²) in [6.45, 7) is 1.92. The van der Waals surface area contributed by atoms with Gasteiger partial charge in [-0.05, 0) is 6.42 Å². The van der Waals surface area contributed by atoms with Crippen molar-refractivity contribution in [3.8, 4) is 0 Å². The van der Waals surface area contributed by atoms with Crippen molar-refractivity contribution in [1.82, 2.24) is 0 Å². The highest BCUT2D eigenvalue weighted by molar-refractivity contribution is 7.86. The lowest BCUT2D eigenvalue weighted by atomic mass is 10.4. The molecule has 0 rings (SSSR count). The van der Waals surface area contributed by atoms with Gasteiger partial charge in [-0.15, -0.1) is 12.6 Å². The number of thiol groups is 1. The van der Waals surface area contributed by atoms with Gasteiger partial charge in [0.15, 0.2) is 5.56 Å². The van der Waals surface area contributed by atoms with Gasteiger partial charge in [0.1, 0.15) is 0 Å². The summed E-state index contributed by atoms with van der Waals surface area (Å²) in [5.74, 6) is -0.845. The molecule has 0 aromatic heterocycles. The molecule has 0 amide bonds. The van der Waals surface area contributed by atoms with E-state index in [0.717, 1.165) is 6.42 Å². The van der Waals surface area contributed by atoms with Crippen molar-refractivity contribution in [3.63, 3.8) is 0 Å². The van der Waals surface area contributed by atoms with Gasteiger partial charge in [0.05, 0.1) is 0 Å². The SMILES string of the molecule is CCCC(Cl)OC(=O)C(S)(Cl)Cl. The van der Waals surface area contributed by atoms with Gasteiger partial charge in [0.25, 0.3) is 3.67 Å². The number of hydrogen-bond acceptors (Lipinski definition) is 3. The van der Waals surface area contributed by atoms with Crippen LogP contribution in [0.4, 0.5) is 0 Å². The molecule has 0 bridgehead atoms. The molecule has 1 unspecified atom stereocenters. The smallest absolute Gasteiger partial charge is 0.354 e. The number of carbonyl (C=O) groups is 1. The van der Waals surface area contributed by atoms with Crippen molar-refractivity contribution in [2.75, 3.05) is 0 Å². The minimum absolute atomic E-state index is 0.560. The molecule has 0 aromatic carbocycles. The van der Waals surface area contributed by atoms with Crippen molar-refractivity contribution in [1.29, 1.82) is 0 Å². The molecule has 2 nitrogen and oxygen atoms in total. The highest BCUT2D eigenvalue weighted by atomic mass is 35.5. The van der Waals surface area contributed by atoms with Crippen molar-refractivity contribution in [3.05, 3.63) is 0 Å². The van der Waals surface area contributed by atoms with Crippen LogP contribution in [0.15, 0.2) is 0 Å². The zero-order chi connectivity index (χ0) is 9.78. The first-order valence-electron chi connectivity index (χ1n) is 3.33. The monoisotopic (exact) mass is 250 g/mol. The highest BCUT2D eigenvalue weighted by Crippen LogP contribution is 2.28. The van der Waals surface area contributed by atoms with E-state index in [0.29, 0.717) is 6.42 Å². The standard InChI is InChI=1S/C6H9Cl3O2S/c1-2-3-4(7)11-5(10)6(8,9)12/h4,12H,2-3H2,1H3. The summed E-state index contributed by atoms with van der Waals surface area (Å²) in [5, 5.41) is 0. The maximum atomic E-state index is 10.9. The van der Waals surface area contributed by atoms with Gasteiger partial charge in [-0.3, -0.25) is 0 Å². The Morgan fingerprint density at radius 3 is 2.50 bits per heavy atom. The molecule has 0 heterocycles. The second-order valence-corrected chi connectivity index (χ2v) is 5.16. The molecule has 0 radical (unpaired) electrons. The number of hydrogen-bond donors (Lipinski definition) is 1. The molecule has 0 N–H and O–H groups in total. The summed E-state index contributed by atoms with van der Waals surface area (Å²) < 4.78 is 2.82. The van der Waals surface area contributed by atoms with Gasteiger partial charge in [-0.25, -0.2) is 4.79 Å². The van der Waals surface area contributed by atoms with Crippen LogP contribution >= 0.6 is 47.4 Å². The molecule has 0 spiro atoms. The molecular weight excluding hydrogens is 242 g/mol. The maximum absolute atomic E-state index is 10.9. The number of alkyl halides is 3. The van der Waals surface area contributed by atoms with Crippen LogP contribution in [-0.4, -0.2) is 15.2 Å². The van der Waals surface area contributed by atoms with Gasteiger partial charge in [-0.1, -0.05) is 48.1 Å². The van der Waals surface area contributed by atoms with Crippen LogP contribution < -0.4 is 0 Å². The van der Waals surface area contributed by atoms with Crippen LogP contribution in [0.2, 0.25) is 0 Å². The molecule has 6 heteroatoms. The van der Waals surface area contributed by atoms with Gasteiger partial charge >= 0.3 is 5.97 Å². The number of esters is 1. The van der Waals surface area contributed by atoms with Crippen LogP contribution in [0.1, 0.15) is 19.8 Å². The Balaban J connectivity index is 3.85. The molecule has 72 valence electrons. The summed E-state index contributed by atoms with van der Waals surface area (Å²) in [7, 11) is 0. The van der Waals surface area contributed by atoms with Crippen molar-refractivity contribution >= 4 is 53.4 Å². The first-order valence-corrected chi connectivity index (χ1v) is 4.97. The van der Waals surface area contributed by atoms with Gasteiger partial charge < -0.3 is 4.74 Å². The molecule has 1 atom stereocenters.